The standard InChI is InChI=1S/C48H46N4O/c1-45(2,3)27-21-33-31-13-11-19-49-43(31)51-39-25-29(15-17-35(39)47(7,8)37(23-27)41(33)51)53-30-16-18-36-40(26-30)52-42-34(32-14-12-20-50-44(32)52)22-28(46(4,5)6)24-38(42)48(36,9)10/h11-26H,1-10H3. The number of rotatable bonds is 2. The number of aromatic nitrogens is 4. The van der Waals surface area contributed by atoms with Gasteiger partial charge in [0, 0.05) is 56.9 Å². The molecule has 2 aliphatic heterocycles. The van der Waals surface area contributed by atoms with Crippen molar-refractivity contribution in [3.8, 4) is 22.9 Å². The summed E-state index contributed by atoms with van der Waals surface area (Å²) in [6, 6.07) is 31.4. The van der Waals surface area contributed by atoms with Crippen LogP contribution in [0.1, 0.15) is 103 Å². The topological polar surface area (TPSA) is 44.9 Å². The van der Waals surface area contributed by atoms with Crippen molar-refractivity contribution in [1.29, 1.82) is 0 Å². The van der Waals surface area contributed by atoms with Crippen molar-refractivity contribution >= 4 is 43.9 Å². The van der Waals surface area contributed by atoms with Crippen molar-refractivity contribution in [3.05, 3.63) is 131 Å². The van der Waals surface area contributed by atoms with Crippen molar-refractivity contribution in [1.82, 2.24) is 19.1 Å². The minimum atomic E-state index is -0.219. The zero-order chi connectivity index (χ0) is 37.0. The second-order valence-electron chi connectivity index (χ2n) is 18.5. The van der Waals surface area contributed by atoms with Gasteiger partial charge in [-0.1, -0.05) is 93.5 Å². The fourth-order valence-electron chi connectivity index (χ4n) is 9.24. The summed E-state index contributed by atoms with van der Waals surface area (Å²) in [5, 5.41) is 4.87. The smallest absolute Gasteiger partial charge is 0.145 e. The van der Waals surface area contributed by atoms with E-state index in [1.807, 2.05) is 12.4 Å². The van der Waals surface area contributed by atoms with Gasteiger partial charge in [-0.05, 0) is 92.7 Å². The molecule has 5 nitrogen and oxygen atoms in total. The third kappa shape index (κ3) is 4.31. The van der Waals surface area contributed by atoms with Crippen LogP contribution in [0.3, 0.4) is 0 Å². The molecule has 0 saturated carbocycles. The van der Waals surface area contributed by atoms with E-state index >= 15 is 0 Å². The quantitative estimate of drug-likeness (QED) is 0.181. The Kier molecular flexibility index (Phi) is 6.18. The lowest BCUT2D eigenvalue weighted by molar-refractivity contribution is 0.480. The number of nitrogens with zero attached hydrogens (tertiary/aromatic N) is 4. The molecule has 0 fully saturated rings. The molecule has 0 atom stereocenters. The van der Waals surface area contributed by atoms with Crippen LogP contribution in [0.4, 0.5) is 0 Å². The van der Waals surface area contributed by atoms with Crippen molar-refractivity contribution in [2.24, 2.45) is 0 Å². The lowest BCUT2D eigenvalue weighted by atomic mass is 9.72. The first-order valence-corrected chi connectivity index (χ1v) is 18.9. The lowest BCUT2D eigenvalue weighted by Crippen LogP contribution is -2.27. The Balaban J connectivity index is 1.15. The van der Waals surface area contributed by atoms with Gasteiger partial charge in [0.25, 0.3) is 0 Å². The summed E-state index contributed by atoms with van der Waals surface area (Å²) in [5.41, 5.74) is 14.2. The molecule has 0 unspecified atom stereocenters. The van der Waals surface area contributed by atoms with Crippen LogP contribution in [0.2, 0.25) is 0 Å². The SMILES string of the molecule is CC(C)(C)c1cc2c3c(c1)c1cccnc1n3-c1cc(Oc3ccc4c(c3)-n3c5ncccc5c5cc(C(C)(C)C)cc(c53)C4(C)C)ccc1C2(C)C. The van der Waals surface area contributed by atoms with Gasteiger partial charge in [-0.25, -0.2) is 9.97 Å². The van der Waals surface area contributed by atoms with Gasteiger partial charge >= 0.3 is 0 Å². The average Bonchev–Trinajstić information content (AvgIpc) is 3.62. The minimum Gasteiger partial charge on any atom is -0.457 e. The molecule has 8 aromatic rings. The van der Waals surface area contributed by atoms with E-state index in [0.29, 0.717) is 0 Å². The molecular weight excluding hydrogens is 649 g/mol. The predicted octanol–water partition coefficient (Wildman–Crippen LogP) is 12.3. The Hall–Kier alpha value is -5.42. The van der Waals surface area contributed by atoms with Crippen molar-refractivity contribution in [2.45, 2.75) is 90.9 Å². The summed E-state index contributed by atoms with van der Waals surface area (Å²) >= 11 is 0. The second-order valence-corrected chi connectivity index (χ2v) is 18.5. The molecule has 0 aliphatic carbocycles. The van der Waals surface area contributed by atoms with Crippen LogP contribution in [0.25, 0.3) is 55.2 Å². The highest BCUT2D eigenvalue weighted by atomic mass is 16.5. The fourth-order valence-corrected chi connectivity index (χ4v) is 9.24. The van der Waals surface area contributed by atoms with Gasteiger partial charge in [0.1, 0.15) is 22.8 Å². The summed E-state index contributed by atoms with van der Waals surface area (Å²) in [4.78, 5) is 9.93. The van der Waals surface area contributed by atoms with E-state index in [1.165, 1.54) is 66.0 Å². The Labute approximate surface area is 311 Å². The monoisotopic (exact) mass is 694 g/mol. The molecule has 4 aromatic heterocycles. The fraction of sp³-hybridized carbons (Fsp3) is 0.292. The third-order valence-electron chi connectivity index (χ3n) is 12.3. The van der Waals surface area contributed by atoms with Gasteiger partial charge in [0.15, 0.2) is 0 Å². The number of benzene rings is 4. The molecule has 53 heavy (non-hydrogen) atoms. The third-order valence-corrected chi connectivity index (χ3v) is 12.3. The Morgan fingerprint density at radius 1 is 0.491 bits per heavy atom. The van der Waals surface area contributed by atoms with Gasteiger partial charge in [-0.15, -0.1) is 0 Å². The van der Waals surface area contributed by atoms with Gasteiger partial charge in [-0.3, -0.25) is 9.13 Å². The van der Waals surface area contributed by atoms with E-state index in [2.05, 4.69) is 163 Å². The molecule has 264 valence electrons. The summed E-state index contributed by atoms with van der Waals surface area (Å²) in [6.45, 7) is 23.2. The number of hydrogen-bond acceptors (Lipinski definition) is 3. The van der Waals surface area contributed by atoms with Gasteiger partial charge in [0.05, 0.1) is 22.4 Å². The molecule has 0 amide bonds. The van der Waals surface area contributed by atoms with Crippen LogP contribution < -0.4 is 4.74 Å². The van der Waals surface area contributed by atoms with E-state index in [9.17, 15) is 0 Å². The maximum atomic E-state index is 6.85. The molecule has 10 rings (SSSR count). The Bertz CT molecular complexity index is 2690. The average molecular weight is 695 g/mol. The first kappa shape index (κ1) is 32.2. The molecule has 4 aromatic carbocycles. The maximum absolute atomic E-state index is 6.85. The molecule has 0 spiro atoms. The first-order chi connectivity index (χ1) is 25.0. The van der Waals surface area contributed by atoms with Gasteiger partial charge < -0.3 is 4.74 Å². The second kappa shape index (κ2) is 10.2. The van der Waals surface area contributed by atoms with E-state index in [1.54, 1.807) is 0 Å². The molecule has 6 heterocycles. The number of pyridine rings is 2. The highest BCUT2D eigenvalue weighted by molar-refractivity contribution is 6.12. The molecule has 0 N–H and O–H groups in total. The normalized spacial score (nSPS) is 15.7. The molecule has 0 radical (unpaired) electrons. The van der Waals surface area contributed by atoms with E-state index in [4.69, 9.17) is 14.7 Å². The predicted molar refractivity (Wildman–Crippen MR) is 219 cm³/mol. The van der Waals surface area contributed by atoms with Gasteiger partial charge in [0.2, 0.25) is 0 Å². The molecule has 0 bridgehead atoms. The molecular formula is C48H46N4O. The van der Waals surface area contributed by atoms with E-state index < -0.39 is 0 Å². The zero-order valence-corrected chi connectivity index (χ0v) is 32.4. The van der Waals surface area contributed by atoms with Gasteiger partial charge in [-0.2, -0.15) is 0 Å². The zero-order valence-electron chi connectivity index (χ0n) is 32.4. The van der Waals surface area contributed by atoms with Crippen LogP contribution >= 0.6 is 0 Å². The van der Waals surface area contributed by atoms with Crippen molar-refractivity contribution in [3.63, 3.8) is 0 Å². The Morgan fingerprint density at radius 2 is 0.906 bits per heavy atom. The van der Waals surface area contributed by atoms with Crippen LogP contribution in [0.15, 0.2) is 97.3 Å². The number of ether oxygens (including phenoxy) is 1. The minimum absolute atomic E-state index is 0.0195. The summed E-state index contributed by atoms with van der Waals surface area (Å²) in [7, 11) is 0. The summed E-state index contributed by atoms with van der Waals surface area (Å²) in [5.74, 6) is 1.59. The van der Waals surface area contributed by atoms with E-state index in [-0.39, 0.29) is 21.7 Å². The largest absolute Gasteiger partial charge is 0.457 e. The highest BCUT2D eigenvalue weighted by Crippen LogP contribution is 2.51. The molecule has 0 saturated heterocycles. The van der Waals surface area contributed by atoms with Crippen LogP contribution in [-0.2, 0) is 21.7 Å². The number of fused-ring (bicyclic) bond motifs is 10. The maximum Gasteiger partial charge on any atom is 0.145 e. The van der Waals surface area contributed by atoms with Crippen LogP contribution in [-0.4, -0.2) is 19.1 Å². The lowest BCUT2D eigenvalue weighted by Gasteiger charge is -2.36. The van der Waals surface area contributed by atoms with Crippen molar-refractivity contribution in [2.75, 3.05) is 0 Å². The summed E-state index contributed by atoms with van der Waals surface area (Å²) < 4.78 is 11.6. The van der Waals surface area contributed by atoms with Crippen LogP contribution in [0, 0.1) is 0 Å². The number of hydrogen-bond donors (Lipinski definition) is 0. The van der Waals surface area contributed by atoms with Crippen LogP contribution in [0.5, 0.6) is 11.5 Å². The molecule has 2 aliphatic rings. The van der Waals surface area contributed by atoms with Crippen molar-refractivity contribution < 1.29 is 4.74 Å². The molecule has 5 heteroatoms. The highest BCUT2D eigenvalue weighted by Gasteiger charge is 2.39. The first-order valence-electron chi connectivity index (χ1n) is 18.9. The summed E-state index contributed by atoms with van der Waals surface area (Å²) in [6.07, 6.45) is 3.81. The van der Waals surface area contributed by atoms with E-state index in [0.717, 1.165) is 34.2 Å². The Morgan fingerprint density at radius 3 is 1.30 bits per heavy atom.